The van der Waals surface area contributed by atoms with Crippen LogP contribution in [0.5, 0.6) is 0 Å². The third-order valence-corrected chi connectivity index (χ3v) is 3.22. The summed E-state index contributed by atoms with van der Waals surface area (Å²) in [5.74, 6) is 0.192. The third-order valence-electron chi connectivity index (χ3n) is 3.22. The van der Waals surface area contributed by atoms with Crippen LogP contribution in [0.15, 0.2) is 0 Å². The van der Waals surface area contributed by atoms with Crippen molar-refractivity contribution in [1.29, 1.82) is 0 Å². The quantitative estimate of drug-likeness (QED) is 0.681. The normalized spacial score (nSPS) is 30.1. The SMILES string of the molecule is CCC1(O)CN(C(=O)C2CCOC2)C1. The molecule has 0 aromatic heterocycles. The van der Waals surface area contributed by atoms with E-state index in [-0.39, 0.29) is 11.8 Å². The first-order chi connectivity index (χ1) is 6.64. The minimum atomic E-state index is -0.616. The van der Waals surface area contributed by atoms with Gasteiger partial charge in [-0.15, -0.1) is 0 Å². The molecular weight excluding hydrogens is 182 g/mol. The molecule has 0 aliphatic carbocycles. The molecule has 1 N–H and O–H groups in total. The molecule has 4 heteroatoms. The van der Waals surface area contributed by atoms with Gasteiger partial charge in [0.1, 0.15) is 0 Å². The summed E-state index contributed by atoms with van der Waals surface area (Å²) < 4.78 is 5.17. The van der Waals surface area contributed by atoms with E-state index in [0.717, 1.165) is 12.8 Å². The largest absolute Gasteiger partial charge is 0.386 e. The molecule has 2 saturated heterocycles. The van der Waals surface area contributed by atoms with Gasteiger partial charge in [-0.1, -0.05) is 6.92 Å². The van der Waals surface area contributed by atoms with Crippen molar-refractivity contribution in [2.45, 2.75) is 25.4 Å². The Balaban J connectivity index is 1.84. The molecule has 0 saturated carbocycles. The van der Waals surface area contributed by atoms with Crippen LogP contribution < -0.4 is 0 Å². The Morgan fingerprint density at radius 2 is 2.36 bits per heavy atom. The molecule has 0 bridgehead atoms. The predicted octanol–water partition coefficient (Wildman–Crippen LogP) is 0.00620. The molecule has 2 rings (SSSR count). The number of carbonyl (C=O) groups excluding carboxylic acids is 1. The molecule has 80 valence electrons. The van der Waals surface area contributed by atoms with Gasteiger partial charge in [-0.2, -0.15) is 0 Å². The van der Waals surface area contributed by atoms with Gasteiger partial charge >= 0.3 is 0 Å². The van der Waals surface area contributed by atoms with Crippen LogP contribution in [0.4, 0.5) is 0 Å². The standard InChI is InChI=1S/C10H17NO3/c1-2-10(13)6-11(7-10)9(12)8-3-4-14-5-8/h8,13H,2-7H2,1H3. The van der Waals surface area contributed by atoms with E-state index >= 15 is 0 Å². The minimum Gasteiger partial charge on any atom is -0.386 e. The third kappa shape index (κ3) is 1.64. The van der Waals surface area contributed by atoms with Gasteiger partial charge in [-0.05, 0) is 12.8 Å². The number of hydrogen-bond donors (Lipinski definition) is 1. The highest BCUT2D eigenvalue weighted by atomic mass is 16.5. The van der Waals surface area contributed by atoms with Crippen molar-refractivity contribution >= 4 is 5.91 Å². The van der Waals surface area contributed by atoms with Crippen molar-refractivity contribution in [3.05, 3.63) is 0 Å². The number of ether oxygens (including phenoxy) is 1. The highest BCUT2D eigenvalue weighted by Crippen LogP contribution is 2.27. The van der Waals surface area contributed by atoms with E-state index in [9.17, 15) is 9.90 Å². The highest BCUT2D eigenvalue weighted by Gasteiger charge is 2.44. The molecule has 1 unspecified atom stereocenters. The molecule has 2 heterocycles. The van der Waals surface area contributed by atoms with Crippen molar-refractivity contribution < 1.29 is 14.6 Å². The Hall–Kier alpha value is -0.610. The van der Waals surface area contributed by atoms with Gasteiger partial charge in [0.25, 0.3) is 0 Å². The topological polar surface area (TPSA) is 49.8 Å². The van der Waals surface area contributed by atoms with E-state index in [1.54, 1.807) is 4.90 Å². The molecule has 2 aliphatic heterocycles. The lowest BCUT2D eigenvalue weighted by molar-refractivity contribution is -0.159. The molecule has 1 amide bonds. The summed E-state index contributed by atoms with van der Waals surface area (Å²) in [4.78, 5) is 13.5. The van der Waals surface area contributed by atoms with Gasteiger partial charge in [0.2, 0.25) is 5.91 Å². The van der Waals surface area contributed by atoms with Crippen molar-refractivity contribution in [3.63, 3.8) is 0 Å². The van der Waals surface area contributed by atoms with Gasteiger partial charge in [-0.25, -0.2) is 0 Å². The Bertz CT molecular complexity index is 230. The number of aliphatic hydroxyl groups is 1. The minimum absolute atomic E-state index is 0.0383. The Kier molecular flexibility index (Phi) is 2.49. The molecule has 4 nitrogen and oxygen atoms in total. The first-order valence-electron chi connectivity index (χ1n) is 5.23. The summed E-state index contributed by atoms with van der Waals surface area (Å²) >= 11 is 0. The first kappa shape index (κ1) is 9.93. The van der Waals surface area contributed by atoms with Crippen molar-refractivity contribution in [2.24, 2.45) is 5.92 Å². The lowest BCUT2D eigenvalue weighted by atomic mass is 9.90. The number of carbonyl (C=O) groups is 1. The number of likely N-dealkylation sites (tertiary alicyclic amines) is 1. The molecule has 1 atom stereocenters. The fraction of sp³-hybridized carbons (Fsp3) is 0.900. The zero-order valence-electron chi connectivity index (χ0n) is 8.53. The molecule has 0 radical (unpaired) electrons. The van der Waals surface area contributed by atoms with Crippen LogP contribution in [-0.2, 0) is 9.53 Å². The van der Waals surface area contributed by atoms with Gasteiger partial charge in [-0.3, -0.25) is 4.79 Å². The number of nitrogens with zero attached hydrogens (tertiary/aromatic N) is 1. The lowest BCUT2D eigenvalue weighted by Crippen LogP contribution is -2.64. The van der Waals surface area contributed by atoms with E-state index < -0.39 is 5.60 Å². The van der Waals surface area contributed by atoms with Gasteiger partial charge in [0.15, 0.2) is 0 Å². The summed E-state index contributed by atoms with van der Waals surface area (Å²) in [7, 11) is 0. The summed E-state index contributed by atoms with van der Waals surface area (Å²) in [6.45, 7) is 4.19. The summed E-state index contributed by atoms with van der Waals surface area (Å²) in [5, 5.41) is 9.76. The van der Waals surface area contributed by atoms with Gasteiger partial charge < -0.3 is 14.7 Å². The van der Waals surface area contributed by atoms with Crippen LogP contribution in [0.3, 0.4) is 0 Å². The summed E-state index contributed by atoms with van der Waals surface area (Å²) in [6.07, 6.45) is 1.55. The molecule has 0 aromatic carbocycles. The maximum atomic E-state index is 11.8. The van der Waals surface area contributed by atoms with E-state index in [2.05, 4.69) is 0 Å². The number of β-amino-alcohol motifs (C(OH)–C–C–N with tert-alkyl or cyclic N) is 1. The van der Waals surface area contributed by atoms with E-state index in [4.69, 9.17) is 4.74 Å². The monoisotopic (exact) mass is 199 g/mol. The zero-order valence-corrected chi connectivity index (χ0v) is 8.53. The molecular formula is C10H17NO3. The fourth-order valence-corrected chi connectivity index (χ4v) is 2.03. The maximum Gasteiger partial charge on any atom is 0.228 e. The van der Waals surface area contributed by atoms with E-state index in [1.807, 2.05) is 6.92 Å². The van der Waals surface area contributed by atoms with Gasteiger partial charge in [0.05, 0.1) is 31.2 Å². The molecule has 0 aromatic rings. The van der Waals surface area contributed by atoms with Crippen LogP contribution in [-0.4, -0.2) is 47.8 Å². The fourth-order valence-electron chi connectivity index (χ4n) is 2.03. The first-order valence-corrected chi connectivity index (χ1v) is 5.23. The van der Waals surface area contributed by atoms with Crippen molar-refractivity contribution in [2.75, 3.05) is 26.3 Å². The second kappa shape index (κ2) is 3.51. The average molecular weight is 199 g/mol. The molecule has 14 heavy (non-hydrogen) atoms. The van der Waals surface area contributed by atoms with Crippen LogP contribution in [0.1, 0.15) is 19.8 Å². The predicted molar refractivity (Wildman–Crippen MR) is 50.7 cm³/mol. The molecule has 2 fully saturated rings. The highest BCUT2D eigenvalue weighted by molar-refractivity contribution is 5.80. The molecule has 0 spiro atoms. The maximum absolute atomic E-state index is 11.8. The number of hydrogen-bond acceptors (Lipinski definition) is 3. The number of amides is 1. The Morgan fingerprint density at radius 3 is 2.86 bits per heavy atom. The summed E-state index contributed by atoms with van der Waals surface area (Å²) in [6, 6.07) is 0. The van der Waals surface area contributed by atoms with Crippen molar-refractivity contribution in [1.82, 2.24) is 4.90 Å². The average Bonchev–Trinajstić information content (AvgIpc) is 2.64. The summed E-state index contributed by atoms with van der Waals surface area (Å²) in [5.41, 5.74) is -0.616. The smallest absolute Gasteiger partial charge is 0.228 e. The lowest BCUT2D eigenvalue weighted by Gasteiger charge is -2.46. The molecule has 2 aliphatic rings. The Morgan fingerprint density at radius 1 is 1.64 bits per heavy atom. The van der Waals surface area contributed by atoms with E-state index in [0.29, 0.717) is 26.3 Å². The number of rotatable bonds is 2. The van der Waals surface area contributed by atoms with Gasteiger partial charge in [0, 0.05) is 6.61 Å². The van der Waals surface area contributed by atoms with Crippen LogP contribution in [0.25, 0.3) is 0 Å². The van der Waals surface area contributed by atoms with E-state index in [1.165, 1.54) is 0 Å². The van der Waals surface area contributed by atoms with Crippen LogP contribution in [0, 0.1) is 5.92 Å². The van der Waals surface area contributed by atoms with Crippen LogP contribution in [0.2, 0.25) is 0 Å². The second-order valence-corrected chi connectivity index (χ2v) is 4.33. The van der Waals surface area contributed by atoms with Crippen molar-refractivity contribution in [3.8, 4) is 0 Å². The second-order valence-electron chi connectivity index (χ2n) is 4.33. The Labute approximate surface area is 83.8 Å². The zero-order chi connectivity index (χ0) is 10.2. The van der Waals surface area contributed by atoms with Crippen LogP contribution >= 0.6 is 0 Å².